The van der Waals surface area contributed by atoms with E-state index in [1.54, 1.807) is 0 Å². The standard InChI is InChI=1S/C27H30Cl2N2OS/c1-5-32-23-8-6-7-20(15-23)26-31(22-13-14-24(28)25(29)16-22)30(18-33-26)17-19-9-11-21(12-10-19)27(2,3)4/h6-16,26H,5,17-18H2,1-4H3. The largest absolute Gasteiger partial charge is 0.494 e. The van der Waals surface area contributed by atoms with Crippen molar-refractivity contribution in [2.75, 3.05) is 17.5 Å². The molecule has 174 valence electrons. The van der Waals surface area contributed by atoms with E-state index in [0.717, 1.165) is 23.9 Å². The third-order valence-corrected chi connectivity index (χ3v) is 7.69. The molecule has 3 aromatic carbocycles. The summed E-state index contributed by atoms with van der Waals surface area (Å²) < 4.78 is 5.76. The molecule has 1 fully saturated rings. The fourth-order valence-corrected chi connectivity index (χ4v) is 5.53. The van der Waals surface area contributed by atoms with Gasteiger partial charge >= 0.3 is 0 Å². The maximum Gasteiger partial charge on any atom is 0.119 e. The lowest BCUT2D eigenvalue weighted by Gasteiger charge is -2.34. The monoisotopic (exact) mass is 500 g/mol. The van der Waals surface area contributed by atoms with E-state index in [2.05, 4.69) is 73.3 Å². The molecule has 0 bridgehead atoms. The predicted octanol–water partition coefficient (Wildman–Crippen LogP) is 8.32. The number of hydrogen-bond acceptors (Lipinski definition) is 4. The first-order valence-electron chi connectivity index (χ1n) is 11.2. The Morgan fingerprint density at radius 2 is 1.73 bits per heavy atom. The van der Waals surface area contributed by atoms with Gasteiger partial charge in [0.2, 0.25) is 0 Å². The highest BCUT2D eigenvalue weighted by Gasteiger charge is 2.34. The van der Waals surface area contributed by atoms with Gasteiger partial charge in [-0.15, -0.1) is 11.8 Å². The number of rotatable bonds is 6. The molecule has 1 unspecified atom stereocenters. The van der Waals surface area contributed by atoms with Crippen LogP contribution < -0.4 is 9.75 Å². The zero-order valence-corrected chi connectivity index (χ0v) is 21.8. The number of hydrazine groups is 1. The van der Waals surface area contributed by atoms with Crippen LogP contribution in [0.3, 0.4) is 0 Å². The van der Waals surface area contributed by atoms with Crippen molar-refractivity contribution in [3.8, 4) is 5.75 Å². The average molecular weight is 502 g/mol. The normalized spacial score (nSPS) is 16.9. The Bertz CT molecular complexity index is 1100. The van der Waals surface area contributed by atoms with Crippen LogP contribution in [0.15, 0.2) is 66.7 Å². The summed E-state index contributed by atoms with van der Waals surface area (Å²) in [6, 6.07) is 23.2. The molecule has 4 rings (SSSR count). The molecule has 0 radical (unpaired) electrons. The first kappa shape index (κ1) is 24.3. The van der Waals surface area contributed by atoms with Crippen molar-refractivity contribution in [1.29, 1.82) is 0 Å². The first-order chi connectivity index (χ1) is 15.8. The molecule has 0 saturated carbocycles. The number of ether oxygens (including phenoxy) is 1. The summed E-state index contributed by atoms with van der Waals surface area (Å²) in [6.07, 6.45) is 0. The van der Waals surface area contributed by atoms with E-state index in [-0.39, 0.29) is 10.8 Å². The van der Waals surface area contributed by atoms with Crippen LogP contribution in [0.25, 0.3) is 0 Å². The highest BCUT2D eigenvalue weighted by atomic mass is 35.5. The summed E-state index contributed by atoms with van der Waals surface area (Å²) in [7, 11) is 0. The number of thioether (sulfide) groups is 1. The lowest BCUT2D eigenvalue weighted by Crippen LogP contribution is -2.37. The summed E-state index contributed by atoms with van der Waals surface area (Å²) in [5, 5.41) is 5.93. The Kier molecular flexibility index (Phi) is 7.49. The summed E-state index contributed by atoms with van der Waals surface area (Å²) in [6.45, 7) is 10.2. The van der Waals surface area contributed by atoms with Gasteiger partial charge in [-0.25, -0.2) is 5.01 Å². The van der Waals surface area contributed by atoms with Gasteiger partial charge in [-0.05, 0) is 59.4 Å². The van der Waals surface area contributed by atoms with Crippen molar-refractivity contribution < 1.29 is 4.74 Å². The number of nitrogens with zero attached hydrogens (tertiary/aromatic N) is 2. The van der Waals surface area contributed by atoms with Crippen molar-refractivity contribution in [2.45, 2.75) is 45.0 Å². The molecule has 3 nitrogen and oxygen atoms in total. The number of halogens is 2. The summed E-state index contributed by atoms with van der Waals surface area (Å²) in [4.78, 5) is 0. The minimum Gasteiger partial charge on any atom is -0.494 e. The van der Waals surface area contributed by atoms with Crippen molar-refractivity contribution in [1.82, 2.24) is 5.01 Å². The van der Waals surface area contributed by atoms with E-state index in [1.165, 1.54) is 16.7 Å². The van der Waals surface area contributed by atoms with Crippen LogP contribution in [0.2, 0.25) is 10.0 Å². The lowest BCUT2D eigenvalue weighted by molar-refractivity contribution is 0.296. The summed E-state index contributed by atoms with van der Waals surface area (Å²) >= 11 is 14.5. The van der Waals surface area contributed by atoms with E-state index >= 15 is 0 Å². The molecule has 3 aromatic rings. The van der Waals surface area contributed by atoms with Gasteiger partial charge in [0.25, 0.3) is 0 Å². The number of hydrogen-bond donors (Lipinski definition) is 0. The van der Waals surface area contributed by atoms with Crippen LogP contribution in [-0.4, -0.2) is 17.5 Å². The van der Waals surface area contributed by atoms with Gasteiger partial charge < -0.3 is 4.74 Å². The van der Waals surface area contributed by atoms with E-state index in [4.69, 9.17) is 27.9 Å². The molecule has 1 heterocycles. The van der Waals surface area contributed by atoms with Crippen molar-refractivity contribution in [2.24, 2.45) is 0 Å². The predicted molar refractivity (Wildman–Crippen MR) is 142 cm³/mol. The molecule has 1 aliphatic heterocycles. The van der Waals surface area contributed by atoms with Crippen LogP contribution in [0, 0.1) is 0 Å². The van der Waals surface area contributed by atoms with Gasteiger partial charge in [-0.3, -0.25) is 5.01 Å². The van der Waals surface area contributed by atoms with Gasteiger partial charge in [0.15, 0.2) is 0 Å². The van der Waals surface area contributed by atoms with Crippen molar-refractivity contribution in [3.63, 3.8) is 0 Å². The molecule has 0 aromatic heterocycles. The highest BCUT2D eigenvalue weighted by Crippen LogP contribution is 2.45. The first-order valence-corrected chi connectivity index (χ1v) is 13.0. The fourth-order valence-electron chi connectivity index (χ4n) is 3.97. The molecule has 6 heteroatoms. The maximum atomic E-state index is 6.42. The Hall–Kier alpha value is -1.85. The zero-order valence-electron chi connectivity index (χ0n) is 19.5. The van der Waals surface area contributed by atoms with E-state index in [1.807, 2.05) is 43.0 Å². The topological polar surface area (TPSA) is 15.7 Å². The third-order valence-electron chi connectivity index (χ3n) is 5.72. The smallest absolute Gasteiger partial charge is 0.119 e. The lowest BCUT2D eigenvalue weighted by atomic mass is 9.87. The number of benzene rings is 3. The van der Waals surface area contributed by atoms with Crippen LogP contribution in [0.1, 0.15) is 49.8 Å². The minimum atomic E-state index is 0.108. The minimum absolute atomic E-state index is 0.108. The molecule has 1 aliphatic rings. The van der Waals surface area contributed by atoms with Gasteiger partial charge in [0.05, 0.1) is 28.2 Å². The highest BCUT2D eigenvalue weighted by molar-refractivity contribution is 7.99. The van der Waals surface area contributed by atoms with Gasteiger partial charge in [0, 0.05) is 6.54 Å². The second kappa shape index (κ2) is 10.2. The number of anilines is 1. The Morgan fingerprint density at radius 3 is 2.39 bits per heavy atom. The van der Waals surface area contributed by atoms with Gasteiger partial charge in [-0.1, -0.05) is 80.4 Å². The molecule has 1 saturated heterocycles. The zero-order chi connectivity index (χ0) is 23.6. The van der Waals surface area contributed by atoms with Gasteiger partial charge in [0.1, 0.15) is 11.1 Å². The average Bonchev–Trinajstić information content (AvgIpc) is 3.19. The maximum absolute atomic E-state index is 6.42. The molecule has 33 heavy (non-hydrogen) atoms. The van der Waals surface area contributed by atoms with Crippen LogP contribution in [0.4, 0.5) is 5.69 Å². The van der Waals surface area contributed by atoms with Crippen molar-refractivity contribution >= 4 is 40.7 Å². The van der Waals surface area contributed by atoms with Crippen molar-refractivity contribution in [3.05, 3.63) is 93.5 Å². The van der Waals surface area contributed by atoms with E-state index in [0.29, 0.717) is 16.7 Å². The summed E-state index contributed by atoms with van der Waals surface area (Å²) in [5.41, 5.74) is 4.98. The van der Waals surface area contributed by atoms with E-state index in [9.17, 15) is 0 Å². The molecule has 0 N–H and O–H groups in total. The van der Waals surface area contributed by atoms with Crippen LogP contribution >= 0.6 is 35.0 Å². The Balaban J connectivity index is 1.66. The van der Waals surface area contributed by atoms with Gasteiger partial charge in [-0.2, -0.15) is 0 Å². The van der Waals surface area contributed by atoms with E-state index < -0.39 is 0 Å². The second-order valence-electron chi connectivity index (χ2n) is 9.21. The third kappa shape index (κ3) is 5.63. The Labute approximate surface area is 211 Å². The summed E-state index contributed by atoms with van der Waals surface area (Å²) in [5.74, 6) is 1.76. The molecular weight excluding hydrogens is 471 g/mol. The fraction of sp³-hybridized carbons (Fsp3) is 0.333. The molecule has 0 aliphatic carbocycles. The quantitative estimate of drug-likeness (QED) is 0.337. The van der Waals surface area contributed by atoms with Crippen LogP contribution in [-0.2, 0) is 12.0 Å². The molecule has 0 amide bonds. The molecular formula is C27H30Cl2N2OS. The SMILES string of the molecule is CCOc1cccc(C2SCN(Cc3ccc(C(C)(C)C)cc3)N2c2ccc(Cl)c(Cl)c2)c1. The van der Waals surface area contributed by atoms with Crippen LogP contribution in [0.5, 0.6) is 5.75 Å². The molecule has 0 spiro atoms. The second-order valence-corrected chi connectivity index (χ2v) is 11.1. The molecule has 1 atom stereocenters. The Morgan fingerprint density at radius 1 is 0.970 bits per heavy atom.